The average Bonchev–Trinajstić information content (AvgIpc) is 2.87. The maximum atomic E-state index is 11.7. The number of nitro benzene ring substituents is 1. The summed E-state index contributed by atoms with van der Waals surface area (Å²) in [6.45, 7) is 0.560. The second-order valence-electron chi connectivity index (χ2n) is 4.90. The van der Waals surface area contributed by atoms with E-state index in [1.54, 1.807) is 18.2 Å². The average molecular weight is 352 g/mol. The molecule has 128 valence electrons. The second kappa shape index (κ2) is 8.29. The van der Waals surface area contributed by atoms with Crippen molar-refractivity contribution in [3.05, 3.63) is 34.4 Å². The van der Waals surface area contributed by atoms with Crippen LogP contribution >= 0.6 is 11.8 Å². The summed E-state index contributed by atoms with van der Waals surface area (Å²) in [5, 5.41) is 16.0. The van der Waals surface area contributed by atoms with E-state index in [1.807, 2.05) is 0 Å². The molecule has 24 heavy (non-hydrogen) atoms. The molecule has 1 aliphatic rings. The maximum Gasteiger partial charge on any atom is 0.292 e. The van der Waals surface area contributed by atoms with E-state index in [4.69, 9.17) is 0 Å². The van der Waals surface area contributed by atoms with Crippen LogP contribution in [0, 0.1) is 10.1 Å². The SMILES string of the molecule is O=C(CCNc1ccccc1[N+](=O)[O-])NCCN1C(=O)CSC1=O. The van der Waals surface area contributed by atoms with Gasteiger partial charge < -0.3 is 10.6 Å². The molecule has 9 nitrogen and oxygen atoms in total. The van der Waals surface area contributed by atoms with Crippen molar-refractivity contribution in [1.82, 2.24) is 10.2 Å². The highest BCUT2D eigenvalue weighted by Crippen LogP contribution is 2.22. The fourth-order valence-electron chi connectivity index (χ4n) is 2.09. The van der Waals surface area contributed by atoms with Crippen LogP contribution in [0.1, 0.15) is 6.42 Å². The lowest BCUT2D eigenvalue weighted by molar-refractivity contribution is -0.384. The summed E-state index contributed by atoms with van der Waals surface area (Å²) in [6, 6.07) is 6.18. The fraction of sp³-hybridized carbons (Fsp3) is 0.357. The normalized spacial score (nSPS) is 13.9. The second-order valence-corrected chi connectivity index (χ2v) is 5.83. The van der Waals surface area contributed by atoms with Crippen LogP contribution in [0.4, 0.5) is 16.2 Å². The lowest BCUT2D eigenvalue weighted by Gasteiger charge is -2.13. The molecule has 0 unspecified atom stereocenters. The molecule has 0 saturated carbocycles. The topological polar surface area (TPSA) is 122 Å². The molecule has 1 aromatic carbocycles. The van der Waals surface area contributed by atoms with E-state index in [0.29, 0.717) is 5.69 Å². The predicted octanol–water partition coefficient (Wildman–Crippen LogP) is 1.21. The highest BCUT2D eigenvalue weighted by molar-refractivity contribution is 8.14. The summed E-state index contributed by atoms with van der Waals surface area (Å²) in [5.74, 6) is -0.378. The van der Waals surface area contributed by atoms with Crippen LogP contribution in [0.3, 0.4) is 0 Å². The van der Waals surface area contributed by atoms with E-state index < -0.39 is 4.92 Å². The maximum absolute atomic E-state index is 11.7. The third-order valence-electron chi connectivity index (χ3n) is 3.27. The molecule has 0 aromatic heterocycles. The first-order valence-electron chi connectivity index (χ1n) is 7.20. The Kier molecular flexibility index (Phi) is 6.13. The van der Waals surface area contributed by atoms with Crippen LogP contribution < -0.4 is 10.6 Å². The Morgan fingerprint density at radius 2 is 2.04 bits per heavy atom. The van der Waals surface area contributed by atoms with Crippen LogP contribution in [0.25, 0.3) is 0 Å². The molecule has 1 saturated heterocycles. The number of anilines is 1. The quantitative estimate of drug-likeness (QED) is 0.532. The first-order valence-corrected chi connectivity index (χ1v) is 8.18. The van der Waals surface area contributed by atoms with Gasteiger partial charge in [0.05, 0.1) is 10.7 Å². The summed E-state index contributed by atoms with van der Waals surface area (Å²) in [6.07, 6.45) is 0.114. The lowest BCUT2D eigenvalue weighted by atomic mass is 10.2. The van der Waals surface area contributed by atoms with Crippen molar-refractivity contribution in [2.45, 2.75) is 6.42 Å². The third-order valence-corrected chi connectivity index (χ3v) is 4.13. The minimum Gasteiger partial charge on any atom is -0.379 e. The monoisotopic (exact) mass is 352 g/mol. The summed E-state index contributed by atoms with van der Waals surface area (Å²) >= 11 is 0.947. The number of carbonyl (C=O) groups is 3. The zero-order chi connectivity index (χ0) is 17.5. The van der Waals surface area contributed by atoms with Crippen LogP contribution in [0.5, 0.6) is 0 Å². The number of benzene rings is 1. The molecule has 0 radical (unpaired) electrons. The van der Waals surface area contributed by atoms with E-state index in [2.05, 4.69) is 10.6 Å². The molecule has 2 rings (SSSR count). The highest BCUT2D eigenvalue weighted by Gasteiger charge is 2.29. The standard InChI is InChI=1S/C14H16N4O5S/c19-12(16-7-8-17-13(20)9-24-14(17)21)5-6-15-10-3-1-2-4-11(10)18(22)23/h1-4,15H,5-9H2,(H,16,19). The summed E-state index contributed by atoms with van der Waals surface area (Å²) in [7, 11) is 0. The van der Waals surface area contributed by atoms with Gasteiger partial charge in [0.1, 0.15) is 5.69 Å². The van der Waals surface area contributed by atoms with E-state index in [1.165, 1.54) is 6.07 Å². The van der Waals surface area contributed by atoms with Crippen LogP contribution in [-0.2, 0) is 9.59 Å². The number of carbonyl (C=O) groups excluding carboxylic acids is 3. The smallest absolute Gasteiger partial charge is 0.292 e. The Morgan fingerprint density at radius 3 is 2.71 bits per heavy atom. The molecule has 0 atom stereocenters. The molecule has 0 spiro atoms. The van der Waals surface area contributed by atoms with Gasteiger partial charge in [-0.1, -0.05) is 23.9 Å². The molecule has 10 heteroatoms. The van der Waals surface area contributed by atoms with Crippen LogP contribution in [0.2, 0.25) is 0 Å². The number of thioether (sulfide) groups is 1. The van der Waals surface area contributed by atoms with Gasteiger partial charge in [0.15, 0.2) is 0 Å². The van der Waals surface area contributed by atoms with Gasteiger partial charge in [-0.25, -0.2) is 0 Å². The summed E-state index contributed by atoms with van der Waals surface area (Å²) < 4.78 is 0. The molecule has 1 fully saturated rings. The molecule has 3 amide bonds. The zero-order valence-electron chi connectivity index (χ0n) is 12.7. The van der Waals surface area contributed by atoms with Crippen LogP contribution in [-0.4, -0.2) is 52.3 Å². The molecular formula is C14H16N4O5S. The largest absolute Gasteiger partial charge is 0.379 e. The molecule has 1 aliphatic heterocycles. The number of hydrogen-bond acceptors (Lipinski definition) is 7. The molecule has 1 heterocycles. The predicted molar refractivity (Wildman–Crippen MR) is 88.8 cm³/mol. The van der Waals surface area contributed by atoms with E-state index in [0.717, 1.165) is 16.7 Å². The van der Waals surface area contributed by atoms with Gasteiger partial charge in [-0.05, 0) is 6.07 Å². The molecule has 2 N–H and O–H groups in total. The summed E-state index contributed by atoms with van der Waals surface area (Å²) in [4.78, 5) is 45.9. The van der Waals surface area contributed by atoms with Crippen molar-refractivity contribution in [2.24, 2.45) is 0 Å². The van der Waals surface area contributed by atoms with Crippen molar-refractivity contribution in [1.29, 1.82) is 0 Å². The van der Waals surface area contributed by atoms with Gasteiger partial charge >= 0.3 is 0 Å². The fourth-order valence-corrected chi connectivity index (χ4v) is 2.84. The number of nitrogens with zero attached hydrogens (tertiary/aromatic N) is 2. The van der Waals surface area contributed by atoms with Crippen molar-refractivity contribution >= 4 is 40.2 Å². The Bertz CT molecular complexity index is 650. The Labute approximate surface area is 141 Å². The number of hydrogen-bond donors (Lipinski definition) is 2. The van der Waals surface area contributed by atoms with Gasteiger partial charge in [0.2, 0.25) is 11.8 Å². The Hall–Kier alpha value is -2.62. The van der Waals surface area contributed by atoms with Crippen LogP contribution in [0.15, 0.2) is 24.3 Å². The highest BCUT2D eigenvalue weighted by atomic mass is 32.2. The first kappa shape index (κ1) is 17.7. The zero-order valence-corrected chi connectivity index (χ0v) is 13.5. The van der Waals surface area contributed by atoms with Gasteiger partial charge in [-0.15, -0.1) is 0 Å². The lowest BCUT2D eigenvalue weighted by Crippen LogP contribution is -2.37. The van der Waals surface area contributed by atoms with Crippen molar-refractivity contribution in [3.63, 3.8) is 0 Å². The number of para-hydroxylation sites is 2. The van der Waals surface area contributed by atoms with Gasteiger partial charge in [0.25, 0.3) is 10.9 Å². The molecular weight excluding hydrogens is 336 g/mol. The number of amides is 3. The summed E-state index contributed by atoms with van der Waals surface area (Å²) in [5.41, 5.74) is 0.294. The van der Waals surface area contributed by atoms with E-state index >= 15 is 0 Å². The minimum atomic E-state index is -0.496. The van der Waals surface area contributed by atoms with Gasteiger partial charge in [-0.3, -0.25) is 29.4 Å². The first-order chi connectivity index (χ1) is 11.5. The number of rotatable bonds is 8. The third kappa shape index (κ3) is 4.69. The van der Waals surface area contributed by atoms with E-state index in [9.17, 15) is 24.5 Å². The Morgan fingerprint density at radius 1 is 1.29 bits per heavy atom. The van der Waals surface area contributed by atoms with Gasteiger partial charge in [-0.2, -0.15) is 0 Å². The van der Waals surface area contributed by atoms with Crippen molar-refractivity contribution in [3.8, 4) is 0 Å². The Balaban J connectivity index is 1.69. The van der Waals surface area contributed by atoms with E-state index in [-0.39, 0.29) is 54.5 Å². The number of imide groups is 1. The van der Waals surface area contributed by atoms with Crippen molar-refractivity contribution in [2.75, 3.05) is 30.7 Å². The molecule has 1 aromatic rings. The van der Waals surface area contributed by atoms with Crippen molar-refractivity contribution < 1.29 is 19.3 Å². The molecule has 0 aliphatic carbocycles. The number of nitrogens with one attached hydrogen (secondary N) is 2. The number of nitro groups is 1. The minimum absolute atomic E-state index is 0.0542. The van der Waals surface area contributed by atoms with Gasteiger partial charge in [0, 0.05) is 32.1 Å². The molecule has 0 bridgehead atoms.